The molecule has 0 heterocycles. The van der Waals surface area contributed by atoms with Gasteiger partial charge in [-0.05, 0) is 57.0 Å². The molecule has 1 aliphatic carbocycles. The van der Waals surface area contributed by atoms with Crippen LogP contribution in [0, 0.1) is 6.92 Å². The van der Waals surface area contributed by atoms with Crippen molar-refractivity contribution in [1.82, 2.24) is 10.6 Å². The molecule has 2 N–H and O–H groups in total. The molecule has 0 saturated heterocycles. The number of ether oxygens (including phenoxy) is 1. The molecule has 23 heavy (non-hydrogen) atoms. The molecular weight excluding hydrogens is 312 g/mol. The summed E-state index contributed by atoms with van der Waals surface area (Å²) in [5, 5.41) is 6.24. The lowest BCUT2D eigenvalue weighted by molar-refractivity contribution is -0.126. The number of halogens is 1. The number of carbonyl (C=O) groups excluding carboxylic acids is 1. The molecule has 0 bridgehead atoms. The molecule has 4 nitrogen and oxygen atoms in total. The Bertz CT molecular complexity index is 514. The van der Waals surface area contributed by atoms with E-state index >= 15 is 0 Å². The first-order valence-electron chi connectivity index (χ1n) is 8.22. The van der Waals surface area contributed by atoms with Crippen molar-refractivity contribution in [2.75, 3.05) is 27.2 Å². The smallest absolute Gasteiger partial charge is 0.230 e. The van der Waals surface area contributed by atoms with E-state index in [0.29, 0.717) is 0 Å². The molecule has 0 aromatic heterocycles. The van der Waals surface area contributed by atoms with Crippen molar-refractivity contribution in [3.05, 3.63) is 29.3 Å². The Kier molecular flexibility index (Phi) is 7.86. The summed E-state index contributed by atoms with van der Waals surface area (Å²) in [7, 11) is 3.62. The van der Waals surface area contributed by atoms with Gasteiger partial charge < -0.3 is 15.4 Å². The first-order chi connectivity index (χ1) is 10.6. The van der Waals surface area contributed by atoms with Crippen LogP contribution in [0.3, 0.4) is 0 Å². The Morgan fingerprint density at radius 2 is 1.96 bits per heavy atom. The Morgan fingerprint density at radius 1 is 1.26 bits per heavy atom. The zero-order chi connectivity index (χ0) is 16.0. The van der Waals surface area contributed by atoms with Crippen molar-refractivity contribution in [3.63, 3.8) is 0 Å². The van der Waals surface area contributed by atoms with E-state index in [-0.39, 0.29) is 23.7 Å². The average molecular weight is 341 g/mol. The lowest BCUT2D eigenvalue weighted by Gasteiger charge is -2.29. The summed E-state index contributed by atoms with van der Waals surface area (Å²) in [6.07, 6.45) is 5.03. The highest BCUT2D eigenvalue weighted by molar-refractivity contribution is 5.88. The summed E-state index contributed by atoms with van der Waals surface area (Å²) in [5.41, 5.74) is 1.83. The summed E-state index contributed by atoms with van der Waals surface area (Å²) in [6.45, 7) is 3.68. The molecular formula is C18H29ClN2O2. The zero-order valence-electron chi connectivity index (χ0n) is 14.4. The third-order valence-corrected chi connectivity index (χ3v) is 4.74. The van der Waals surface area contributed by atoms with Gasteiger partial charge in [-0.3, -0.25) is 4.79 Å². The van der Waals surface area contributed by atoms with Crippen molar-refractivity contribution in [2.45, 2.75) is 44.4 Å². The van der Waals surface area contributed by atoms with E-state index in [4.69, 9.17) is 4.74 Å². The van der Waals surface area contributed by atoms with Crippen LogP contribution in [0.1, 0.15) is 43.2 Å². The minimum absolute atomic E-state index is 0. The van der Waals surface area contributed by atoms with E-state index in [2.05, 4.69) is 22.8 Å². The SMILES string of the molecule is CNCCCNC(=O)C1(c2ccc(C)c(OC)c2)CCCC1.Cl. The van der Waals surface area contributed by atoms with Crippen LogP contribution in [0.2, 0.25) is 0 Å². The standard InChI is InChI=1S/C18H28N2O2.ClH/c1-14-7-8-15(13-16(14)22-3)18(9-4-5-10-18)17(21)20-12-6-11-19-2;/h7-8,13,19H,4-6,9-12H2,1-3H3,(H,20,21);1H. The maximum Gasteiger partial charge on any atom is 0.230 e. The molecule has 5 heteroatoms. The van der Waals surface area contributed by atoms with Crippen molar-refractivity contribution < 1.29 is 9.53 Å². The second kappa shape index (κ2) is 9.14. The van der Waals surface area contributed by atoms with E-state index in [1.807, 2.05) is 20.0 Å². The number of benzene rings is 1. The van der Waals surface area contributed by atoms with E-state index in [9.17, 15) is 4.79 Å². The van der Waals surface area contributed by atoms with E-state index in [0.717, 1.165) is 62.1 Å². The van der Waals surface area contributed by atoms with E-state index < -0.39 is 0 Å². The van der Waals surface area contributed by atoms with Crippen LogP contribution in [0.25, 0.3) is 0 Å². The van der Waals surface area contributed by atoms with Crippen molar-refractivity contribution >= 4 is 18.3 Å². The van der Waals surface area contributed by atoms with Crippen LogP contribution in [0.4, 0.5) is 0 Å². The van der Waals surface area contributed by atoms with Gasteiger partial charge in [-0.2, -0.15) is 0 Å². The molecule has 0 aliphatic heterocycles. The van der Waals surface area contributed by atoms with Gasteiger partial charge in [0.15, 0.2) is 0 Å². The van der Waals surface area contributed by atoms with Gasteiger partial charge in [0.2, 0.25) is 5.91 Å². The van der Waals surface area contributed by atoms with Gasteiger partial charge in [0.05, 0.1) is 12.5 Å². The maximum atomic E-state index is 12.8. The first-order valence-corrected chi connectivity index (χ1v) is 8.22. The highest BCUT2D eigenvalue weighted by atomic mass is 35.5. The summed E-state index contributed by atoms with van der Waals surface area (Å²) in [6, 6.07) is 6.20. The number of carbonyl (C=O) groups is 1. The average Bonchev–Trinajstić information content (AvgIpc) is 3.02. The maximum absolute atomic E-state index is 12.8. The fourth-order valence-electron chi connectivity index (χ4n) is 3.38. The first kappa shape index (κ1) is 19.8. The lowest BCUT2D eigenvalue weighted by atomic mass is 9.77. The topological polar surface area (TPSA) is 50.4 Å². The van der Waals surface area contributed by atoms with E-state index in [1.165, 1.54) is 0 Å². The Balaban J connectivity index is 0.00000264. The predicted molar refractivity (Wildman–Crippen MR) is 96.7 cm³/mol. The highest BCUT2D eigenvalue weighted by Gasteiger charge is 2.42. The molecule has 1 saturated carbocycles. The minimum Gasteiger partial charge on any atom is -0.496 e. The van der Waals surface area contributed by atoms with Gasteiger partial charge in [0.25, 0.3) is 0 Å². The van der Waals surface area contributed by atoms with Crippen molar-refractivity contribution in [2.24, 2.45) is 0 Å². The Labute approximate surface area is 145 Å². The summed E-state index contributed by atoms with van der Waals surface area (Å²) in [5.74, 6) is 1.04. The number of rotatable bonds is 7. The fourth-order valence-corrected chi connectivity index (χ4v) is 3.38. The zero-order valence-corrected chi connectivity index (χ0v) is 15.2. The molecule has 0 radical (unpaired) electrons. The predicted octanol–water partition coefficient (Wildman–Crippen LogP) is 2.96. The molecule has 1 aliphatic rings. The third-order valence-electron chi connectivity index (χ3n) is 4.74. The number of hydrogen-bond donors (Lipinski definition) is 2. The largest absolute Gasteiger partial charge is 0.496 e. The number of hydrogen-bond acceptors (Lipinski definition) is 3. The summed E-state index contributed by atoms with van der Waals surface area (Å²) >= 11 is 0. The number of methoxy groups -OCH3 is 1. The molecule has 1 aromatic rings. The normalized spacial score (nSPS) is 15.8. The number of aryl methyl sites for hydroxylation is 1. The van der Waals surface area contributed by atoms with Crippen LogP contribution in [0.5, 0.6) is 5.75 Å². The second-order valence-electron chi connectivity index (χ2n) is 6.19. The lowest BCUT2D eigenvalue weighted by Crippen LogP contribution is -2.43. The molecule has 1 amide bonds. The van der Waals surface area contributed by atoms with Crippen LogP contribution in [-0.4, -0.2) is 33.2 Å². The quantitative estimate of drug-likeness (QED) is 0.750. The second-order valence-corrected chi connectivity index (χ2v) is 6.19. The minimum atomic E-state index is -0.374. The molecule has 0 atom stereocenters. The molecule has 0 unspecified atom stereocenters. The summed E-state index contributed by atoms with van der Waals surface area (Å²) < 4.78 is 5.44. The van der Waals surface area contributed by atoms with Crippen molar-refractivity contribution in [3.8, 4) is 5.75 Å². The highest BCUT2D eigenvalue weighted by Crippen LogP contribution is 2.42. The molecule has 0 spiro atoms. The van der Waals surface area contributed by atoms with Crippen LogP contribution in [0.15, 0.2) is 18.2 Å². The van der Waals surface area contributed by atoms with Gasteiger partial charge in [-0.25, -0.2) is 0 Å². The Morgan fingerprint density at radius 3 is 2.57 bits per heavy atom. The van der Waals surface area contributed by atoms with Crippen LogP contribution >= 0.6 is 12.4 Å². The van der Waals surface area contributed by atoms with Gasteiger partial charge in [-0.1, -0.05) is 25.0 Å². The molecule has 2 rings (SSSR count). The van der Waals surface area contributed by atoms with Crippen LogP contribution < -0.4 is 15.4 Å². The fraction of sp³-hybridized carbons (Fsp3) is 0.611. The third kappa shape index (κ3) is 4.39. The van der Waals surface area contributed by atoms with Gasteiger partial charge in [0.1, 0.15) is 5.75 Å². The van der Waals surface area contributed by atoms with E-state index in [1.54, 1.807) is 7.11 Å². The number of nitrogens with one attached hydrogen (secondary N) is 2. The molecule has 1 fully saturated rings. The summed E-state index contributed by atoms with van der Waals surface area (Å²) in [4.78, 5) is 12.8. The van der Waals surface area contributed by atoms with Crippen LogP contribution in [-0.2, 0) is 10.2 Å². The molecule has 1 aromatic carbocycles. The van der Waals surface area contributed by atoms with Gasteiger partial charge in [-0.15, -0.1) is 12.4 Å². The number of amides is 1. The van der Waals surface area contributed by atoms with Gasteiger partial charge >= 0.3 is 0 Å². The monoisotopic (exact) mass is 340 g/mol. The van der Waals surface area contributed by atoms with Gasteiger partial charge in [0, 0.05) is 6.54 Å². The van der Waals surface area contributed by atoms with Crippen molar-refractivity contribution in [1.29, 1.82) is 0 Å². The Hall–Kier alpha value is -1.26. The molecule has 130 valence electrons.